The van der Waals surface area contributed by atoms with E-state index in [1.807, 2.05) is 12.1 Å². The van der Waals surface area contributed by atoms with Gasteiger partial charge in [-0.1, -0.05) is 24.2 Å². The second kappa shape index (κ2) is 7.80. The van der Waals surface area contributed by atoms with Gasteiger partial charge in [-0.3, -0.25) is 0 Å². The molecule has 6 heteroatoms. The number of hydrogen-bond donors (Lipinski definition) is 1. The molecule has 26 heavy (non-hydrogen) atoms. The molecule has 140 valence electrons. The minimum absolute atomic E-state index is 0.708. The number of halogens is 1. The lowest BCUT2D eigenvalue weighted by Gasteiger charge is -2.38. The molecule has 0 saturated carbocycles. The summed E-state index contributed by atoms with van der Waals surface area (Å²) in [5.74, 6) is 1.81. The van der Waals surface area contributed by atoms with Crippen LogP contribution >= 0.6 is 21.6 Å². The van der Waals surface area contributed by atoms with E-state index in [4.69, 9.17) is 11.6 Å². The average molecular weight is 391 g/mol. The molecule has 1 aliphatic rings. The fourth-order valence-corrected chi connectivity index (χ4v) is 4.21. The minimum Gasteiger partial charge on any atom is -0.355 e. The van der Waals surface area contributed by atoms with Crippen molar-refractivity contribution >= 4 is 33.1 Å². The Labute approximate surface area is 163 Å². The van der Waals surface area contributed by atoms with Crippen molar-refractivity contribution < 1.29 is 0 Å². The van der Waals surface area contributed by atoms with Gasteiger partial charge in [0.15, 0.2) is 0 Å². The number of piperazine rings is 1. The molecular formula is C20H27ClN4S. The van der Waals surface area contributed by atoms with E-state index < -0.39 is 10.0 Å². The van der Waals surface area contributed by atoms with Gasteiger partial charge in [-0.15, -0.1) is 0 Å². The van der Waals surface area contributed by atoms with Crippen LogP contribution in [0.5, 0.6) is 0 Å². The van der Waals surface area contributed by atoms with Gasteiger partial charge in [0.2, 0.25) is 0 Å². The van der Waals surface area contributed by atoms with Crippen LogP contribution in [0.15, 0.2) is 59.9 Å². The molecule has 1 N–H and O–H groups in total. The number of pyridine rings is 1. The standard InChI is InChI=1S/C20H27ClN4S/c1-16(23-17-7-5-8-18(15-17)26(2,3)4)24-11-13-25(14-12-24)20-19(21)9-6-10-22-20/h5-10,15,23H,1,11-14H2,2-4H3. The molecule has 0 unspecified atom stereocenters. The van der Waals surface area contributed by atoms with Gasteiger partial charge in [-0.2, -0.15) is 0 Å². The van der Waals surface area contributed by atoms with E-state index >= 15 is 0 Å². The van der Waals surface area contributed by atoms with Crippen LogP contribution in [0.4, 0.5) is 11.5 Å². The van der Waals surface area contributed by atoms with E-state index in [2.05, 4.69) is 69.7 Å². The summed E-state index contributed by atoms with van der Waals surface area (Å²) in [6, 6.07) is 12.4. The molecule has 0 amide bonds. The predicted molar refractivity (Wildman–Crippen MR) is 116 cm³/mol. The van der Waals surface area contributed by atoms with Crippen LogP contribution in [0.3, 0.4) is 0 Å². The summed E-state index contributed by atoms with van der Waals surface area (Å²) in [5.41, 5.74) is 1.10. The fraction of sp³-hybridized carbons (Fsp3) is 0.350. The van der Waals surface area contributed by atoms with Crippen LogP contribution in [-0.4, -0.2) is 54.8 Å². The number of benzene rings is 1. The Kier molecular flexibility index (Phi) is 5.68. The number of anilines is 2. The van der Waals surface area contributed by atoms with Crippen LogP contribution in [0.25, 0.3) is 0 Å². The van der Waals surface area contributed by atoms with Crippen molar-refractivity contribution in [2.45, 2.75) is 4.90 Å². The molecule has 0 spiro atoms. The molecule has 4 nitrogen and oxygen atoms in total. The zero-order valence-corrected chi connectivity index (χ0v) is 17.3. The first-order valence-electron chi connectivity index (χ1n) is 8.69. The lowest BCUT2D eigenvalue weighted by Crippen LogP contribution is -2.47. The number of nitrogens with one attached hydrogen (secondary N) is 1. The number of aromatic nitrogens is 1. The molecule has 0 atom stereocenters. The summed E-state index contributed by atoms with van der Waals surface area (Å²) in [7, 11) is -0.737. The number of hydrogen-bond acceptors (Lipinski definition) is 4. The van der Waals surface area contributed by atoms with E-state index in [-0.39, 0.29) is 0 Å². The van der Waals surface area contributed by atoms with Crippen LogP contribution in [0.2, 0.25) is 5.02 Å². The van der Waals surface area contributed by atoms with E-state index in [0.29, 0.717) is 5.02 Å². The molecule has 1 aliphatic heterocycles. The molecule has 1 aromatic heterocycles. The fourth-order valence-electron chi connectivity index (χ4n) is 3.00. The van der Waals surface area contributed by atoms with Crippen molar-refractivity contribution in [3.63, 3.8) is 0 Å². The summed E-state index contributed by atoms with van der Waals surface area (Å²) >= 11 is 6.27. The molecule has 1 aromatic carbocycles. The molecular weight excluding hydrogens is 364 g/mol. The maximum absolute atomic E-state index is 6.27. The van der Waals surface area contributed by atoms with Crippen LogP contribution in [0, 0.1) is 0 Å². The molecule has 2 heterocycles. The lowest BCUT2D eigenvalue weighted by molar-refractivity contribution is 0.325. The van der Waals surface area contributed by atoms with Gasteiger partial charge in [0.05, 0.1) is 10.8 Å². The molecule has 1 fully saturated rings. The van der Waals surface area contributed by atoms with Crippen molar-refractivity contribution in [1.82, 2.24) is 9.88 Å². The van der Waals surface area contributed by atoms with Gasteiger partial charge in [-0.05, 0) is 54.0 Å². The molecule has 3 rings (SSSR count). The minimum atomic E-state index is -0.737. The van der Waals surface area contributed by atoms with Gasteiger partial charge < -0.3 is 15.1 Å². The second-order valence-corrected chi connectivity index (χ2v) is 11.8. The number of rotatable bonds is 5. The Morgan fingerprint density at radius 1 is 1.12 bits per heavy atom. The molecule has 0 bridgehead atoms. The SMILES string of the molecule is C=C(Nc1cccc(S(C)(C)C)c1)N1CCN(c2ncccc2Cl)CC1. The molecule has 0 radical (unpaired) electrons. The van der Waals surface area contributed by atoms with Gasteiger partial charge in [0, 0.05) is 38.1 Å². The second-order valence-electron chi connectivity index (χ2n) is 7.22. The predicted octanol–water partition coefficient (Wildman–Crippen LogP) is 4.49. The third kappa shape index (κ3) is 4.46. The number of nitrogens with zero attached hydrogens (tertiary/aromatic N) is 3. The highest BCUT2D eigenvalue weighted by atomic mass is 35.5. The van der Waals surface area contributed by atoms with Gasteiger partial charge in [-0.25, -0.2) is 15.0 Å². The summed E-state index contributed by atoms with van der Waals surface area (Å²) in [6.07, 6.45) is 8.72. The average Bonchev–Trinajstić information content (AvgIpc) is 2.62. The monoisotopic (exact) mass is 390 g/mol. The maximum Gasteiger partial charge on any atom is 0.147 e. The van der Waals surface area contributed by atoms with E-state index in [9.17, 15) is 0 Å². The van der Waals surface area contributed by atoms with Crippen LogP contribution in [-0.2, 0) is 0 Å². The van der Waals surface area contributed by atoms with Gasteiger partial charge in [0.1, 0.15) is 5.82 Å². The Morgan fingerprint density at radius 3 is 2.50 bits per heavy atom. The highest BCUT2D eigenvalue weighted by molar-refractivity contribution is 8.32. The maximum atomic E-state index is 6.27. The van der Waals surface area contributed by atoms with Crippen LogP contribution in [0.1, 0.15) is 0 Å². The molecule has 2 aromatic rings. The zero-order chi connectivity index (χ0) is 18.7. The topological polar surface area (TPSA) is 31.4 Å². The van der Waals surface area contributed by atoms with E-state index in [1.165, 1.54) is 4.90 Å². The van der Waals surface area contributed by atoms with Crippen molar-refractivity contribution in [3.8, 4) is 0 Å². The summed E-state index contributed by atoms with van der Waals surface area (Å²) in [4.78, 5) is 10.3. The highest BCUT2D eigenvalue weighted by Gasteiger charge is 2.20. The Morgan fingerprint density at radius 2 is 1.85 bits per heavy atom. The Bertz CT molecular complexity index is 779. The van der Waals surface area contributed by atoms with Gasteiger partial charge >= 0.3 is 0 Å². The van der Waals surface area contributed by atoms with Crippen molar-refractivity contribution in [3.05, 3.63) is 60.0 Å². The quantitative estimate of drug-likeness (QED) is 0.814. The zero-order valence-electron chi connectivity index (χ0n) is 15.7. The molecule has 1 saturated heterocycles. The van der Waals surface area contributed by atoms with Crippen molar-refractivity contribution in [1.29, 1.82) is 0 Å². The third-order valence-electron chi connectivity index (χ3n) is 4.53. The Hall–Kier alpha value is -1.85. The summed E-state index contributed by atoms with van der Waals surface area (Å²) in [6.45, 7) is 7.78. The molecule has 0 aliphatic carbocycles. The van der Waals surface area contributed by atoms with E-state index in [0.717, 1.165) is 43.5 Å². The third-order valence-corrected chi connectivity index (χ3v) is 6.49. The summed E-state index contributed by atoms with van der Waals surface area (Å²) < 4.78 is 0. The van der Waals surface area contributed by atoms with E-state index in [1.54, 1.807) is 6.20 Å². The largest absolute Gasteiger partial charge is 0.355 e. The van der Waals surface area contributed by atoms with Gasteiger partial charge in [0.25, 0.3) is 0 Å². The summed E-state index contributed by atoms with van der Waals surface area (Å²) in [5, 5.41) is 4.18. The lowest BCUT2D eigenvalue weighted by atomic mass is 10.3. The normalized spacial score (nSPS) is 15.7. The van der Waals surface area contributed by atoms with Crippen LogP contribution < -0.4 is 10.2 Å². The smallest absolute Gasteiger partial charge is 0.147 e. The first-order valence-corrected chi connectivity index (χ1v) is 11.9. The van der Waals surface area contributed by atoms with Crippen molar-refractivity contribution in [2.75, 3.05) is 55.2 Å². The van der Waals surface area contributed by atoms with Crippen molar-refractivity contribution in [2.24, 2.45) is 0 Å². The highest BCUT2D eigenvalue weighted by Crippen LogP contribution is 2.45. The first kappa shape index (κ1) is 18.9. The first-order chi connectivity index (χ1) is 12.3. The Balaban J connectivity index is 1.60.